The molecule has 0 spiro atoms. The molecule has 0 saturated carbocycles. The molecule has 1 unspecified atom stereocenters. The van der Waals surface area contributed by atoms with E-state index >= 15 is 0 Å². The summed E-state index contributed by atoms with van der Waals surface area (Å²) >= 11 is 0. The van der Waals surface area contributed by atoms with Gasteiger partial charge in [-0.1, -0.05) is 80.1 Å². The molecule has 0 aliphatic heterocycles. The predicted molar refractivity (Wildman–Crippen MR) is 113 cm³/mol. The van der Waals surface area contributed by atoms with Crippen molar-refractivity contribution in [1.29, 1.82) is 0 Å². The zero-order valence-corrected chi connectivity index (χ0v) is 17.0. The molecular formula is C24H29NO3. The first-order valence-corrected chi connectivity index (χ1v) is 9.57. The number of allylic oxidation sites excluding steroid dienone is 1. The lowest BCUT2D eigenvalue weighted by atomic mass is 9.96. The maximum absolute atomic E-state index is 12.6. The molecule has 4 heteroatoms. The van der Waals surface area contributed by atoms with Crippen molar-refractivity contribution in [3.63, 3.8) is 0 Å². The van der Waals surface area contributed by atoms with Crippen LogP contribution in [-0.4, -0.2) is 24.9 Å². The fourth-order valence-electron chi connectivity index (χ4n) is 2.97. The number of ether oxygens (including phenoxy) is 1. The molecule has 28 heavy (non-hydrogen) atoms. The number of methoxy groups -OCH3 is 1. The zero-order chi connectivity index (χ0) is 20.5. The molecule has 0 aliphatic carbocycles. The summed E-state index contributed by atoms with van der Waals surface area (Å²) in [6, 6.07) is 17.0. The minimum absolute atomic E-state index is 0.00528. The normalized spacial score (nSPS) is 13.5. The van der Waals surface area contributed by atoms with E-state index in [1.165, 1.54) is 7.11 Å². The first kappa shape index (κ1) is 21.6. The smallest absolute Gasteiger partial charge is 0.323 e. The van der Waals surface area contributed by atoms with Gasteiger partial charge in [-0.25, -0.2) is 0 Å². The van der Waals surface area contributed by atoms with Crippen molar-refractivity contribution in [3.05, 3.63) is 77.4 Å². The minimum atomic E-state index is -0.484. The number of benzene rings is 2. The second-order valence-electron chi connectivity index (χ2n) is 7.29. The third-order valence-corrected chi connectivity index (χ3v) is 4.65. The van der Waals surface area contributed by atoms with Crippen molar-refractivity contribution < 1.29 is 14.3 Å². The summed E-state index contributed by atoms with van der Waals surface area (Å²) in [5.41, 5.74) is 3.10. The average molecular weight is 380 g/mol. The summed E-state index contributed by atoms with van der Waals surface area (Å²) < 4.78 is 4.94. The molecule has 0 bridgehead atoms. The molecule has 2 rings (SSSR count). The molecule has 4 nitrogen and oxygen atoms in total. The predicted octanol–water partition coefficient (Wildman–Crippen LogP) is 4.50. The molecular weight excluding hydrogens is 350 g/mol. The Labute approximate surface area is 167 Å². The first-order chi connectivity index (χ1) is 13.4. The molecule has 2 aromatic carbocycles. The molecule has 148 valence electrons. The number of nitrogens with one attached hydrogen (secondary N) is 1. The van der Waals surface area contributed by atoms with Crippen molar-refractivity contribution in [2.45, 2.75) is 39.3 Å². The second kappa shape index (κ2) is 10.6. The Balaban J connectivity index is 2.20. The summed E-state index contributed by atoms with van der Waals surface area (Å²) in [5, 5.41) is 3.34. The molecule has 0 heterocycles. The number of esters is 1. The number of aryl methyl sites for hydroxylation is 1. The van der Waals surface area contributed by atoms with E-state index in [1.54, 1.807) is 6.08 Å². The van der Waals surface area contributed by atoms with Crippen LogP contribution < -0.4 is 5.32 Å². The van der Waals surface area contributed by atoms with E-state index in [9.17, 15) is 9.59 Å². The van der Waals surface area contributed by atoms with E-state index in [2.05, 4.69) is 5.32 Å². The van der Waals surface area contributed by atoms with Crippen LogP contribution in [0.1, 0.15) is 43.0 Å². The van der Waals surface area contributed by atoms with Gasteiger partial charge in [0.25, 0.3) is 0 Å². The van der Waals surface area contributed by atoms with E-state index in [4.69, 9.17) is 4.74 Å². The van der Waals surface area contributed by atoms with E-state index < -0.39 is 6.04 Å². The highest BCUT2D eigenvalue weighted by molar-refractivity contribution is 5.94. The summed E-state index contributed by atoms with van der Waals surface area (Å²) in [7, 11) is 1.38. The van der Waals surface area contributed by atoms with Gasteiger partial charge < -0.3 is 4.74 Å². The molecule has 0 saturated heterocycles. The SMILES string of the molecule is COC(=O)[C@@H](NC(CC(=O)/C=C\c1ccccc1)c1ccc(C)cc1)C(C)C. The second-order valence-corrected chi connectivity index (χ2v) is 7.29. The van der Waals surface area contributed by atoms with Crippen LogP contribution in [0, 0.1) is 12.8 Å². The Morgan fingerprint density at radius 1 is 1.04 bits per heavy atom. The van der Waals surface area contributed by atoms with Gasteiger partial charge in [-0.05, 0) is 30.0 Å². The number of rotatable bonds is 9. The van der Waals surface area contributed by atoms with E-state index in [-0.39, 0.29) is 30.1 Å². The van der Waals surface area contributed by atoms with E-state index in [0.29, 0.717) is 0 Å². The molecule has 0 aromatic heterocycles. The summed E-state index contributed by atoms with van der Waals surface area (Å²) in [5.74, 6) is -0.288. The number of carbonyl (C=O) groups excluding carboxylic acids is 2. The summed E-state index contributed by atoms with van der Waals surface area (Å²) in [6.07, 6.45) is 3.67. The van der Waals surface area contributed by atoms with Crippen LogP contribution in [0.5, 0.6) is 0 Å². The number of ketones is 1. The van der Waals surface area contributed by atoms with Crippen molar-refractivity contribution in [2.24, 2.45) is 5.92 Å². The van der Waals surface area contributed by atoms with Gasteiger partial charge in [0.05, 0.1) is 7.11 Å². The van der Waals surface area contributed by atoms with Crippen LogP contribution in [0.2, 0.25) is 0 Å². The van der Waals surface area contributed by atoms with Gasteiger partial charge in [-0.15, -0.1) is 0 Å². The summed E-state index contributed by atoms with van der Waals surface area (Å²) in [4.78, 5) is 24.8. The topological polar surface area (TPSA) is 55.4 Å². The standard InChI is InChI=1S/C24H29NO3/c1-17(2)23(24(27)28-4)25-22(20-13-10-18(3)11-14-20)16-21(26)15-12-19-8-6-5-7-9-19/h5-15,17,22-23,25H,16H2,1-4H3/b15-12-/t22?,23-/m0/s1. The monoisotopic (exact) mass is 379 g/mol. The van der Waals surface area contributed by atoms with E-state index in [1.807, 2.05) is 81.4 Å². The van der Waals surface area contributed by atoms with E-state index in [0.717, 1.165) is 16.7 Å². The lowest BCUT2D eigenvalue weighted by Gasteiger charge is -2.26. The average Bonchev–Trinajstić information content (AvgIpc) is 2.70. The molecule has 0 aliphatic rings. The quantitative estimate of drug-likeness (QED) is 0.515. The van der Waals surface area contributed by atoms with Gasteiger partial charge in [0, 0.05) is 12.5 Å². The Kier molecular flexibility index (Phi) is 8.15. The fraction of sp³-hybridized carbons (Fsp3) is 0.333. The van der Waals surface area contributed by atoms with Crippen molar-refractivity contribution >= 4 is 17.8 Å². The summed E-state index contributed by atoms with van der Waals surface area (Å²) in [6.45, 7) is 5.93. The number of hydrogen-bond donors (Lipinski definition) is 1. The van der Waals surface area contributed by atoms with Gasteiger partial charge in [-0.3, -0.25) is 14.9 Å². The fourth-order valence-corrected chi connectivity index (χ4v) is 2.97. The molecule has 1 N–H and O–H groups in total. The van der Waals surface area contributed by atoms with Gasteiger partial charge in [0.15, 0.2) is 5.78 Å². The maximum atomic E-state index is 12.6. The van der Waals surface area contributed by atoms with Crippen LogP contribution in [0.25, 0.3) is 6.08 Å². The van der Waals surface area contributed by atoms with Crippen molar-refractivity contribution in [3.8, 4) is 0 Å². The van der Waals surface area contributed by atoms with Crippen LogP contribution in [0.3, 0.4) is 0 Å². The molecule has 0 amide bonds. The lowest BCUT2D eigenvalue weighted by Crippen LogP contribution is -2.44. The van der Waals surface area contributed by atoms with Crippen LogP contribution in [-0.2, 0) is 14.3 Å². The zero-order valence-electron chi connectivity index (χ0n) is 17.0. The lowest BCUT2D eigenvalue weighted by molar-refractivity contribution is -0.144. The van der Waals surface area contributed by atoms with Crippen LogP contribution >= 0.6 is 0 Å². The number of hydrogen-bond acceptors (Lipinski definition) is 4. The third kappa shape index (κ3) is 6.46. The van der Waals surface area contributed by atoms with Gasteiger partial charge in [-0.2, -0.15) is 0 Å². The van der Waals surface area contributed by atoms with Crippen LogP contribution in [0.4, 0.5) is 0 Å². The Morgan fingerprint density at radius 2 is 1.68 bits per heavy atom. The Hall–Kier alpha value is -2.72. The highest BCUT2D eigenvalue weighted by atomic mass is 16.5. The van der Waals surface area contributed by atoms with Crippen molar-refractivity contribution in [1.82, 2.24) is 5.32 Å². The Bertz CT molecular complexity index is 794. The van der Waals surface area contributed by atoms with Gasteiger partial charge in [0.1, 0.15) is 6.04 Å². The molecule has 0 radical (unpaired) electrons. The van der Waals surface area contributed by atoms with Gasteiger partial charge in [0.2, 0.25) is 0 Å². The number of carbonyl (C=O) groups is 2. The largest absolute Gasteiger partial charge is 0.468 e. The highest BCUT2D eigenvalue weighted by Crippen LogP contribution is 2.21. The molecule has 2 aromatic rings. The van der Waals surface area contributed by atoms with Gasteiger partial charge >= 0.3 is 5.97 Å². The van der Waals surface area contributed by atoms with Crippen molar-refractivity contribution in [2.75, 3.05) is 7.11 Å². The highest BCUT2D eigenvalue weighted by Gasteiger charge is 2.27. The van der Waals surface area contributed by atoms with Crippen LogP contribution in [0.15, 0.2) is 60.7 Å². The minimum Gasteiger partial charge on any atom is -0.468 e. The Morgan fingerprint density at radius 3 is 2.25 bits per heavy atom. The molecule has 0 fully saturated rings. The first-order valence-electron chi connectivity index (χ1n) is 9.57. The third-order valence-electron chi connectivity index (χ3n) is 4.65. The maximum Gasteiger partial charge on any atom is 0.323 e. The molecule has 2 atom stereocenters.